The second kappa shape index (κ2) is 16.6. The quantitative estimate of drug-likeness (QED) is 0.130. The van der Waals surface area contributed by atoms with Crippen LogP contribution in [-0.4, -0.2) is 59.0 Å². The van der Waals surface area contributed by atoms with Crippen molar-refractivity contribution in [1.29, 1.82) is 0 Å². The predicted octanol–water partition coefficient (Wildman–Crippen LogP) is 5.53. The number of carbonyl (C=O) groups is 4. The molecule has 3 amide bonds. The van der Waals surface area contributed by atoms with E-state index in [-0.39, 0.29) is 12.2 Å². The molecule has 0 saturated carbocycles. The Bertz CT molecular complexity index is 1550. The lowest BCUT2D eigenvalue weighted by Gasteiger charge is -2.36. The van der Waals surface area contributed by atoms with Gasteiger partial charge >= 0.3 is 12.1 Å². The van der Waals surface area contributed by atoms with E-state index in [0.717, 1.165) is 22.3 Å². The number of hydrogen-bond acceptors (Lipinski definition) is 6. The summed E-state index contributed by atoms with van der Waals surface area (Å²) in [5, 5.41) is 17.1. The van der Waals surface area contributed by atoms with Crippen molar-refractivity contribution in [3.63, 3.8) is 0 Å². The smallest absolute Gasteiger partial charge is 0.408 e. The van der Waals surface area contributed by atoms with Crippen LogP contribution in [-0.2, 0) is 30.3 Å². The number of hydrogen-bond donors (Lipinski definition) is 4. The topological polar surface area (TPSA) is 134 Å². The van der Waals surface area contributed by atoms with Gasteiger partial charge in [-0.15, -0.1) is 11.8 Å². The van der Waals surface area contributed by atoms with Crippen molar-refractivity contribution in [2.24, 2.45) is 0 Å². The molecule has 0 aliphatic rings. The normalized spacial score (nSPS) is 12.6. The van der Waals surface area contributed by atoms with Gasteiger partial charge in [-0.1, -0.05) is 121 Å². The van der Waals surface area contributed by atoms with Gasteiger partial charge in [0.15, 0.2) is 0 Å². The number of alkyl carbamates (subject to hydrolysis) is 1. The van der Waals surface area contributed by atoms with Crippen LogP contribution in [0.5, 0.6) is 0 Å². The van der Waals surface area contributed by atoms with Crippen LogP contribution in [0, 0.1) is 0 Å². The van der Waals surface area contributed by atoms with Crippen molar-refractivity contribution in [1.82, 2.24) is 16.0 Å². The first-order valence-corrected chi connectivity index (χ1v) is 16.6. The summed E-state index contributed by atoms with van der Waals surface area (Å²) in [5.74, 6) is -2.42. The van der Waals surface area contributed by atoms with Gasteiger partial charge in [-0.2, -0.15) is 0 Å². The summed E-state index contributed by atoms with van der Waals surface area (Å²) < 4.78 is 4.74. The molecule has 0 unspecified atom stereocenters. The molecule has 2 atom stereocenters. The number of carboxylic acids is 1. The minimum absolute atomic E-state index is 0.0819. The van der Waals surface area contributed by atoms with Crippen molar-refractivity contribution in [2.75, 3.05) is 12.3 Å². The third-order valence-electron chi connectivity index (χ3n) is 7.34. The number of nitrogens with one attached hydrogen (secondary N) is 3. The summed E-state index contributed by atoms with van der Waals surface area (Å²) in [4.78, 5) is 51.7. The van der Waals surface area contributed by atoms with Gasteiger partial charge in [0.1, 0.15) is 24.2 Å². The number of ether oxygens (including phenoxy) is 1. The molecule has 0 aromatic heterocycles. The maximum atomic E-state index is 14.1. The SMILES string of the molecule is CC(C)(C)OC(=O)N[C@@H](CSC(c1ccccc1)(c1ccccc1)c1ccccc1)C(=O)N[C@@H](Cc1ccccc1)C(=O)NCC(=O)O. The van der Waals surface area contributed by atoms with Crippen LogP contribution in [0.15, 0.2) is 121 Å². The highest BCUT2D eigenvalue weighted by Gasteiger charge is 2.39. The van der Waals surface area contributed by atoms with E-state index in [1.165, 1.54) is 11.8 Å². The fraction of sp³-hybridized carbons (Fsp3) is 0.263. The summed E-state index contributed by atoms with van der Waals surface area (Å²) in [6, 6.07) is 36.6. The average Bonchev–Trinajstić information content (AvgIpc) is 3.07. The summed E-state index contributed by atoms with van der Waals surface area (Å²) in [7, 11) is 0. The fourth-order valence-corrected chi connectivity index (χ4v) is 6.79. The molecular weight excluding hydrogens is 627 g/mol. The average molecular weight is 668 g/mol. The van der Waals surface area contributed by atoms with Gasteiger partial charge in [-0.3, -0.25) is 14.4 Å². The number of rotatable bonds is 14. The number of carboxylic acid groups (broad SMARTS) is 1. The maximum absolute atomic E-state index is 14.1. The van der Waals surface area contributed by atoms with Crippen LogP contribution in [0.4, 0.5) is 4.79 Å². The van der Waals surface area contributed by atoms with E-state index >= 15 is 0 Å². The van der Waals surface area contributed by atoms with E-state index in [4.69, 9.17) is 9.84 Å². The Labute approximate surface area is 285 Å². The molecule has 0 saturated heterocycles. The second-order valence-corrected chi connectivity index (χ2v) is 13.4. The van der Waals surface area contributed by atoms with Crippen LogP contribution in [0.1, 0.15) is 43.0 Å². The maximum Gasteiger partial charge on any atom is 0.408 e. The van der Waals surface area contributed by atoms with Crippen LogP contribution in [0.2, 0.25) is 0 Å². The third kappa shape index (κ3) is 9.95. The number of amides is 3. The van der Waals surface area contributed by atoms with Crippen molar-refractivity contribution in [3.8, 4) is 0 Å². The number of aliphatic carboxylic acids is 1. The van der Waals surface area contributed by atoms with Gasteiger partial charge in [-0.25, -0.2) is 4.79 Å². The van der Waals surface area contributed by atoms with E-state index in [1.54, 1.807) is 20.8 Å². The lowest BCUT2D eigenvalue weighted by molar-refractivity contribution is -0.138. The first-order chi connectivity index (χ1) is 23.0. The van der Waals surface area contributed by atoms with Crippen molar-refractivity contribution < 1.29 is 29.0 Å². The summed E-state index contributed by atoms with van der Waals surface area (Å²) in [6.45, 7) is 4.57. The zero-order valence-electron chi connectivity index (χ0n) is 27.2. The summed E-state index contributed by atoms with van der Waals surface area (Å²) in [5.41, 5.74) is 2.85. The Morgan fingerprint density at radius 2 is 1.12 bits per heavy atom. The van der Waals surface area contributed by atoms with Gasteiger partial charge in [0.25, 0.3) is 0 Å². The van der Waals surface area contributed by atoms with Gasteiger partial charge in [-0.05, 0) is 43.0 Å². The van der Waals surface area contributed by atoms with E-state index in [2.05, 4.69) is 16.0 Å². The Morgan fingerprint density at radius 3 is 1.56 bits per heavy atom. The molecule has 4 aromatic rings. The van der Waals surface area contributed by atoms with Crippen LogP contribution < -0.4 is 16.0 Å². The number of thioether (sulfide) groups is 1. The number of carbonyl (C=O) groups excluding carboxylic acids is 3. The molecule has 4 aromatic carbocycles. The highest BCUT2D eigenvalue weighted by molar-refractivity contribution is 8.00. The molecule has 9 nitrogen and oxygen atoms in total. The van der Waals surface area contributed by atoms with E-state index in [0.29, 0.717) is 0 Å². The Kier molecular flexibility index (Phi) is 12.4. The zero-order chi connectivity index (χ0) is 34.6. The summed E-state index contributed by atoms with van der Waals surface area (Å²) in [6.07, 6.45) is -0.685. The molecule has 0 radical (unpaired) electrons. The highest BCUT2D eigenvalue weighted by atomic mass is 32.2. The molecule has 10 heteroatoms. The van der Waals surface area contributed by atoms with Crippen molar-refractivity contribution in [3.05, 3.63) is 144 Å². The lowest BCUT2D eigenvalue weighted by Crippen LogP contribution is -2.56. The van der Waals surface area contributed by atoms with Gasteiger partial charge in [0.05, 0.1) is 4.75 Å². The van der Waals surface area contributed by atoms with Gasteiger partial charge < -0.3 is 25.8 Å². The zero-order valence-corrected chi connectivity index (χ0v) is 28.0. The van der Waals surface area contributed by atoms with Gasteiger partial charge in [0.2, 0.25) is 11.8 Å². The van der Waals surface area contributed by atoms with E-state index in [1.807, 2.05) is 121 Å². The molecule has 0 heterocycles. The lowest BCUT2D eigenvalue weighted by atomic mass is 9.84. The first kappa shape index (κ1) is 35.8. The largest absolute Gasteiger partial charge is 0.480 e. The Morgan fingerprint density at radius 1 is 0.667 bits per heavy atom. The predicted molar refractivity (Wildman–Crippen MR) is 188 cm³/mol. The van der Waals surface area contributed by atoms with Crippen LogP contribution in [0.25, 0.3) is 0 Å². The minimum Gasteiger partial charge on any atom is -0.480 e. The first-order valence-electron chi connectivity index (χ1n) is 15.6. The molecule has 4 rings (SSSR count). The monoisotopic (exact) mass is 667 g/mol. The standard InChI is InChI=1S/C38H41N3O6S/c1-37(2,3)47-36(46)41-32(35(45)40-31(34(44)39-25-33(42)43)24-27-16-8-4-9-17-27)26-48-38(28-18-10-5-11-19-28,29-20-12-6-13-21-29)30-22-14-7-15-23-30/h4-23,31-32H,24-26H2,1-3H3,(H,39,44)(H,40,45)(H,41,46)(H,42,43)/t31-,32-/m0/s1. The molecule has 0 spiro atoms. The molecule has 250 valence electrons. The summed E-state index contributed by atoms with van der Waals surface area (Å²) >= 11 is 1.47. The van der Waals surface area contributed by atoms with Crippen LogP contribution in [0.3, 0.4) is 0 Å². The molecule has 0 bridgehead atoms. The fourth-order valence-electron chi connectivity index (χ4n) is 5.23. The van der Waals surface area contributed by atoms with E-state index in [9.17, 15) is 19.2 Å². The van der Waals surface area contributed by atoms with Crippen molar-refractivity contribution in [2.45, 2.75) is 49.6 Å². The van der Waals surface area contributed by atoms with Crippen molar-refractivity contribution >= 4 is 35.6 Å². The van der Waals surface area contributed by atoms with E-state index < -0.39 is 52.9 Å². The highest BCUT2D eigenvalue weighted by Crippen LogP contribution is 2.48. The molecular formula is C38H41N3O6S. The molecule has 48 heavy (non-hydrogen) atoms. The molecule has 0 aliphatic carbocycles. The molecule has 4 N–H and O–H groups in total. The Hall–Kier alpha value is -5.09. The molecule has 0 aliphatic heterocycles. The number of benzene rings is 4. The second-order valence-electron chi connectivity index (χ2n) is 12.2. The van der Waals surface area contributed by atoms with Gasteiger partial charge in [0, 0.05) is 12.2 Å². The Balaban J connectivity index is 1.72. The third-order valence-corrected chi connectivity index (χ3v) is 8.98. The minimum atomic E-state index is -1.21. The molecule has 0 fully saturated rings. The van der Waals surface area contributed by atoms with Crippen LogP contribution >= 0.6 is 11.8 Å².